The molecule has 0 amide bonds. The molecule has 0 radical (unpaired) electrons. The van der Waals surface area contributed by atoms with Crippen molar-refractivity contribution in [2.24, 2.45) is 0 Å². The Morgan fingerprint density at radius 3 is 1.88 bits per heavy atom. The smallest absolute Gasteiger partial charge is 0.414 e. The van der Waals surface area contributed by atoms with Crippen LogP contribution >= 0.6 is 0 Å². The van der Waals surface area contributed by atoms with Gasteiger partial charge in [-0.15, -0.1) is 0 Å². The summed E-state index contributed by atoms with van der Waals surface area (Å²) in [6.45, 7) is 4.76. The topological polar surface area (TPSA) is 87.1 Å². The predicted octanol–water partition coefficient (Wildman–Crippen LogP) is 5.32. The van der Waals surface area contributed by atoms with E-state index in [0.29, 0.717) is 0 Å². The Hall–Kier alpha value is -2.86. The van der Waals surface area contributed by atoms with E-state index in [1.807, 2.05) is 0 Å². The summed E-state index contributed by atoms with van der Waals surface area (Å²) >= 11 is 0. The van der Waals surface area contributed by atoms with Gasteiger partial charge in [0.25, 0.3) is 0 Å². The van der Waals surface area contributed by atoms with Gasteiger partial charge in [0.05, 0.1) is 6.61 Å². The van der Waals surface area contributed by atoms with E-state index in [2.05, 4.69) is 59.5 Å². The van der Waals surface area contributed by atoms with Gasteiger partial charge in [-0.25, -0.2) is 9.59 Å². The number of nitrogens with zero attached hydrogens (tertiary/aromatic N) is 1. The second-order valence-corrected chi connectivity index (χ2v) is 8.02. The van der Waals surface area contributed by atoms with Crippen molar-refractivity contribution in [2.75, 3.05) is 26.2 Å². The minimum atomic E-state index is -1.82. The van der Waals surface area contributed by atoms with E-state index in [1.165, 1.54) is 75.7 Å². The maximum Gasteiger partial charge on any atom is 0.414 e. The zero-order valence-corrected chi connectivity index (χ0v) is 18.7. The fraction of sp³-hybridized carbons (Fsp3) is 0.462. The third-order valence-corrected chi connectivity index (χ3v) is 5.48. The standard InChI is InChI=1S/C24H33NO.C2H2O4/c1-2-9-19-25(18-8-1)20-10-3-4-11-21-26-24-16-14-23(15-17-24)22-12-6-5-7-13-22;3-1(4)2(5)6/h5-7,12-17H,1-4,8-11,18-21H2;(H,3,4)(H,5,6). The number of unbranched alkanes of at least 4 members (excludes halogenated alkanes) is 3. The SMILES string of the molecule is O=C(O)C(=O)O.c1ccc(-c2ccc(OCCCCCCN3CCCCCC3)cc2)cc1. The van der Waals surface area contributed by atoms with Crippen molar-refractivity contribution in [3.8, 4) is 16.9 Å². The van der Waals surface area contributed by atoms with Crippen LogP contribution in [-0.4, -0.2) is 53.3 Å². The van der Waals surface area contributed by atoms with Gasteiger partial charge >= 0.3 is 11.9 Å². The van der Waals surface area contributed by atoms with E-state index in [4.69, 9.17) is 24.5 Å². The molecule has 6 heteroatoms. The van der Waals surface area contributed by atoms with Crippen LogP contribution in [0.5, 0.6) is 5.75 Å². The van der Waals surface area contributed by atoms with E-state index >= 15 is 0 Å². The van der Waals surface area contributed by atoms with Crippen LogP contribution in [-0.2, 0) is 9.59 Å². The van der Waals surface area contributed by atoms with Crippen LogP contribution in [0, 0.1) is 0 Å². The van der Waals surface area contributed by atoms with Crippen LogP contribution < -0.4 is 4.74 Å². The molecule has 1 heterocycles. The lowest BCUT2D eigenvalue weighted by Crippen LogP contribution is -2.25. The molecule has 6 nitrogen and oxygen atoms in total. The monoisotopic (exact) mass is 441 g/mol. The minimum Gasteiger partial charge on any atom is -0.494 e. The molecule has 0 spiro atoms. The maximum atomic E-state index is 9.10. The van der Waals surface area contributed by atoms with Crippen molar-refractivity contribution in [1.29, 1.82) is 0 Å². The first-order valence-electron chi connectivity index (χ1n) is 11.5. The molecule has 2 N–H and O–H groups in total. The predicted molar refractivity (Wildman–Crippen MR) is 126 cm³/mol. The van der Waals surface area contributed by atoms with Crippen molar-refractivity contribution in [3.05, 3.63) is 54.6 Å². The van der Waals surface area contributed by atoms with Gasteiger partial charge in [-0.05, 0) is 68.6 Å². The highest BCUT2D eigenvalue weighted by Crippen LogP contribution is 2.22. The quantitative estimate of drug-likeness (QED) is 0.404. The number of benzene rings is 2. The number of hydrogen-bond donors (Lipinski definition) is 2. The van der Waals surface area contributed by atoms with Gasteiger partial charge in [-0.2, -0.15) is 0 Å². The summed E-state index contributed by atoms with van der Waals surface area (Å²) in [5, 5.41) is 14.8. The second kappa shape index (κ2) is 15.0. The third-order valence-electron chi connectivity index (χ3n) is 5.48. The van der Waals surface area contributed by atoms with Gasteiger partial charge in [-0.3, -0.25) is 0 Å². The van der Waals surface area contributed by atoms with Gasteiger partial charge < -0.3 is 19.8 Å². The molecule has 0 atom stereocenters. The lowest BCUT2D eigenvalue weighted by Gasteiger charge is -2.19. The van der Waals surface area contributed by atoms with Crippen molar-refractivity contribution >= 4 is 11.9 Å². The van der Waals surface area contributed by atoms with E-state index < -0.39 is 11.9 Å². The molecule has 3 rings (SSSR count). The highest BCUT2D eigenvalue weighted by Gasteiger charge is 2.08. The molecule has 0 unspecified atom stereocenters. The minimum absolute atomic E-state index is 0.828. The summed E-state index contributed by atoms with van der Waals surface area (Å²) in [6.07, 6.45) is 10.8. The molecule has 1 aliphatic heterocycles. The molecule has 1 fully saturated rings. The summed E-state index contributed by atoms with van der Waals surface area (Å²) in [5.74, 6) is -2.67. The van der Waals surface area contributed by atoms with E-state index in [0.717, 1.165) is 18.8 Å². The van der Waals surface area contributed by atoms with E-state index in [1.54, 1.807) is 0 Å². The van der Waals surface area contributed by atoms with Crippen LogP contribution in [0.3, 0.4) is 0 Å². The Morgan fingerprint density at radius 1 is 0.719 bits per heavy atom. The molecule has 0 saturated carbocycles. The van der Waals surface area contributed by atoms with Gasteiger partial charge in [0.15, 0.2) is 0 Å². The number of rotatable bonds is 9. The average Bonchev–Trinajstić information content (AvgIpc) is 3.09. The summed E-state index contributed by atoms with van der Waals surface area (Å²) < 4.78 is 5.90. The number of aliphatic carboxylic acids is 2. The molecule has 1 saturated heterocycles. The lowest BCUT2D eigenvalue weighted by atomic mass is 10.1. The number of carboxylic acids is 2. The van der Waals surface area contributed by atoms with Crippen molar-refractivity contribution < 1.29 is 24.5 Å². The Balaban J connectivity index is 0.000000534. The molecule has 0 aliphatic carbocycles. The van der Waals surface area contributed by atoms with Crippen molar-refractivity contribution in [2.45, 2.75) is 51.4 Å². The highest BCUT2D eigenvalue weighted by molar-refractivity contribution is 6.27. The number of likely N-dealkylation sites (tertiary alicyclic amines) is 1. The first-order chi connectivity index (χ1) is 15.6. The van der Waals surface area contributed by atoms with Crippen LogP contribution in [0.15, 0.2) is 54.6 Å². The van der Waals surface area contributed by atoms with E-state index in [9.17, 15) is 0 Å². The number of carboxylic acid groups (broad SMARTS) is 2. The molecule has 2 aromatic rings. The van der Waals surface area contributed by atoms with Gasteiger partial charge in [0.2, 0.25) is 0 Å². The Morgan fingerprint density at radius 2 is 1.28 bits per heavy atom. The molecule has 32 heavy (non-hydrogen) atoms. The fourth-order valence-electron chi connectivity index (χ4n) is 3.72. The largest absolute Gasteiger partial charge is 0.494 e. The van der Waals surface area contributed by atoms with Gasteiger partial charge in [0.1, 0.15) is 5.75 Å². The molecule has 174 valence electrons. The average molecular weight is 442 g/mol. The Kier molecular flexibility index (Phi) is 11.9. The molecule has 2 aromatic carbocycles. The fourth-order valence-corrected chi connectivity index (χ4v) is 3.72. The first kappa shape index (κ1) is 25.4. The normalized spacial score (nSPS) is 14.0. The van der Waals surface area contributed by atoms with Crippen LogP contribution in [0.25, 0.3) is 11.1 Å². The second-order valence-electron chi connectivity index (χ2n) is 8.02. The number of hydrogen-bond acceptors (Lipinski definition) is 4. The number of carbonyl (C=O) groups is 2. The van der Waals surface area contributed by atoms with Crippen LogP contribution in [0.4, 0.5) is 0 Å². The zero-order chi connectivity index (χ0) is 23.0. The molecule has 0 aromatic heterocycles. The van der Waals surface area contributed by atoms with Crippen LogP contribution in [0.2, 0.25) is 0 Å². The molecule has 1 aliphatic rings. The van der Waals surface area contributed by atoms with Crippen LogP contribution in [0.1, 0.15) is 51.4 Å². The molecular weight excluding hydrogens is 406 g/mol. The van der Waals surface area contributed by atoms with E-state index in [-0.39, 0.29) is 0 Å². The molecular formula is C26H35NO5. The zero-order valence-electron chi connectivity index (χ0n) is 18.7. The summed E-state index contributed by atoms with van der Waals surface area (Å²) in [7, 11) is 0. The van der Waals surface area contributed by atoms with Crippen molar-refractivity contribution in [3.63, 3.8) is 0 Å². The summed E-state index contributed by atoms with van der Waals surface area (Å²) in [5.41, 5.74) is 2.50. The highest BCUT2D eigenvalue weighted by atomic mass is 16.5. The van der Waals surface area contributed by atoms with Gasteiger partial charge in [0, 0.05) is 0 Å². The first-order valence-corrected chi connectivity index (χ1v) is 11.5. The van der Waals surface area contributed by atoms with Crippen molar-refractivity contribution in [1.82, 2.24) is 4.90 Å². The Labute approximate surface area is 190 Å². The lowest BCUT2D eigenvalue weighted by molar-refractivity contribution is -0.159. The summed E-state index contributed by atoms with van der Waals surface area (Å²) in [4.78, 5) is 20.9. The third kappa shape index (κ3) is 10.4. The Bertz CT molecular complexity index is 772. The molecule has 0 bridgehead atoms. The summed E-state index contributed by atoms with van der Waals surface area (Å²) in [6, 6.07) is 18.9. The maximum absolute atomic E-state index is 9.10. The number of ether oxygens (including phenoxy) is 1. The van der Waals surface area contributed by atoms with Gasteiger partial charge in [-0.1, -0.05) is 68.1 Å².